The molecule has 1 atom stereocenters. The molecule has 0 spiro atoms. The van der Waals surface area contributed by atoms with Crippen molar-refractivity contribution in [2.24, 2.45) is 4.99 Å². The molecule has 0 saturated carbocycles. The predicted octanol–water partition coefficient (Wildman–Crippen LogP) is 5.14. The van der Waals surface area contributed by atoms with Crippen molar-refractivity contribution in [3.05, 3.63) is 137 Å². The van der Waals surface area contributed by atoms with E-state index < -0.39 is 16.9 Å². The standard InChI is InChI=1S/C34H25N3O8S/c1-3-42-33(39)29-30(20-8-5-4-6-9-20)35-34-36(31(29)21-12-14-26-27(16-21)44-18-43-26)32(38)28(46-34)17-22-13-15-25(45-22)23-10-7-11-24(19(23)2)37(40)41/h4-17,31H,3,18H2,1-2H3. The molecule has 1 unspecified atom stereocenters. The van der Waals surface area contributed by atoms with Gasteiger partial charge in [0.1, 0.15) is 11.5 Å². The second-order valence-corrected chi connectivity index (χ2v) is 11.5. The van der Waals surface area contributed by atoms with Crippen molar-refractivity contribution in [2.45, 2.75) is 19.9 Å². The van der Waals surface area contributed by atoms with Crippen LogP contribution >= 0.6 is 11.3 Å². The summed E-state index contributed by atoms with van der Waals surface area (Å²) in [5.41, 5.74) is 2.56. The zero-order chi connectivity index (χ0) is 31.9. The summed E-state index contributed by atoms with van der Waals surface area (Å²) in [6.07, 6.45) is 1.60. The van der Waals surface area contributed by atoms with E-state index in [1.807, 2.05) is 30.3 Å². The topological polar surface area (TPSA) is 135 Å². The van der Waals surface area contributed by atoms with E-state index in [0.717, 1.165) is 11.3 Å². The number of carbonyl (C=O) groups excluding carboxylic acids is 1. The molecular weight excluding hydrogens is 610 g/mol. The van der Waals surface area contributed by atoms with E-state index in [9.17, 15) is 19.7 Å². The van der Waals surface area contributed by atoms with E-state index in [0.29, 0.717) is 60.3 Å². The minimum Gasteiger partial charge on any atom is -0.463 e. The van der Waals surface area contributed by atoms with Gasteiger partial charge in [0.25, 0.3) is 11.2 Å². The number of aromatic nitrogens is 1. The number of hydrogen-bond acceptors (Lipinski definition) is 10. The molecular formula is C34H25N3O8S. The number of carbonyl (C=O) groups is 1. The molecule has 0 N–H and O–H groups in total. The highest BCUT2D eigenvalue weighted by Crippen LogP contribution is 2.40. The van der Waals surface area contributed by atoms with Crippen molar-refractivity contribution in [2.75, 3.05) is 13.4 Å². The number of nitro benzene ring substituents is 1. The molecule has 46 heavy (non-hydrogen) atoms. The molecule has 230 valence electrons. The van der Waals surface area contributed by atoms with E-state index in [-0.39, 0.29) is 30.2 Å². The van der Waals surface area contributed by atoms with Crippen molar-refractivity contribution in [3.8, 4) is 22.8 Å². The van der Waals surface area contributed by atoms with E-state index in [4.69, 9.17) is 23.6 Å². The highest BCUT2D eigenvalue weighted by Gasteiger charge is 2.36. The number of esters is 1. The Morgan fingerprint density at radius 3 is 2.67 bits per heavy atom. The van der Waals surface area contributed by atoms with E-state index in [2.05, 4.69) is 0 Å². The quantitative estimate of drug-likeness (QED) is 0.136. The monoisotopic (exact) mass is 635 g/mol. The first kappa shape index (κ1) is 29.0. The van der Waals surface area contributed by atoms with Gasteiger partial charge < -0.3 is 18.6 Å². The second-order valence-electron chi connectivity index (χ2n) is 10.5. The Labute approximate surface area is 265 Å². The number of ether oxygens (including phenoxy) is 3. The molecule has 0 amide bonds. The number of nitro groups is 1. The summed E-state index contributed by atoms with van der Waals surface area (Å²) in [6, 6.07) is 21.9. The maximum absolute atomic E-state index is 14.2. The largest absolute Gasteiger partial charge is 0.463 e. The lowest BCUT2D eigenvalue weighted by Gasteiger charge is -2.26. The zero-order valence-corrected chi connectivity index (χ0v) is 25.4. The van der Waals surface area contributed by atoms with Crippen LogP contribution in [-0.4, -0.2) is 28.9 Å². The third-order valence-corrected chi connectivity index (χ3v) is 8.74. The summed E-state index contributed by atoms with van der Waals surface area (Å²) in [5.74, 6) is 1.27. The number of thiazole rings is 1. The van der Waals surface area contributed by atoms with Gasteiger partial charge in [0, 0.05) is 28.8 Å². The summed E-state index contributed by atoms with van der Waals surface area (Å²) in [5, 5.41) is 11.5. The minimum absolute atomic E-state index is 0.0149. The lowest BCUT2D eigenvalue weighted by atomic mass is 9.93. The molecule has 2 aliphatic rings. The van der Waals surface area contributed by atoms with Crippen molar-refractivity contribution in [3.63, 3.8) is 0 Å². The van der Waals surface area contributed by atoms with Gasteiger partial charge in [-0.15, -0.1) is 0 Å². The molecule has 12 heteroatoms. The average Bonchev–Trinajstić information content (AvgIpc) is 3.80. The molecule has 3 aromatic carbocycles. The maximum atomic E-state index is 14.2. The van der Waals surface area contributed by atoms with Gasteiger partial charge >= 0.3 is 5.97 Å². The van der Waals surface area contributed by atoms with Crippen LogP contribution in [0.15, 0.2) is 98.6 Å². The molecule has 0 aliphatic carbocycles. The van der Waals surface area contributed by atoms with Crippen molar-refractivity contribution in [1.82, 2.24) is 4.57 Å². The van der Waals surface area contributed by atoms with E-state index >= 15 is 0 Å². The highest BCUT2D eigenvalue weighted by molar-refractivity contribution is 7.07. The number of furan rings is 1. The SMILES string of the molecule is CCOC(=O)C1=C(c2ccccc2)N=c2sc(=Cc3ccc(-c4cccc([N+](=O)[O-])c4C)o3)c(=O)n2C1c1ccc2c(c1)OCO2. The third-order valence-electron chi connectivity index (χ3n) is 7.75. The second kappa shape index (κ2) is 11.6. The number of nitrogens with zero attached hydrogens (tertiary/aromatic N) is 3. The van der Waals surface area contributed by atoms with Crippen LogP contribution in [0.2, 0.25) is 0 Å². The molecule has 7 rings (SSSR count). The molecule has 4 heterocycles. The predicted molar refractivity (Wildman–Crippen MR) is 169 cm³/mol. The average molecular weight is 636 g/mol. The summed E-state index contributed by atoms with van der Waals surface area (Å²) in [7, 11) is 0. The number of benzene rings is 3. The molecule has 2 aliphatic heterocycles. The van der Waals surface area contributed by atoms with Crippen LogP contribution in [0.4, 0.5) is 5.69 Å². The fourth-order valence-corrected chi connectivity index (χ4v) is 6.61. The smallest absolute Gasteiger partial charge is 0.338 e. The van der Waals surface area contributed by atoms with Gasteiger partial charge in [0.05, 0.1) is 33.4 Å². The Morgan fingerprint density at radius 2 is 1.89 bits per heavy atom. The van der Waals surface area contributed by atoms with Crippen molar-refractivity contribution in [1.29, 1.82) is 0 Å². The Hall–Kier alpha value is -5.75. The Bertz CT molecular complexity index is 2250. The van der Waals surface area contributed by atoms with Crippen molar-refractivity contribution >= 4 is 34.8 Å². The third kappa shape index (κ3) is 4.98. The molecule has 5 aromatic rings. The van der Waals surface area contributed by atoms with Gasteiger partial charge in [-0.1, -0.05) is 59.9 Å². The first-order chi connectivity index (χ1) is 22.3. The van der Waals surface area contributed by atoms with Crippen LogP contribution in [0.5, 0.6) is 11.5 Å². The van der Waals surface area contributed by atoms with Crippen LogP contribution in [0.25, 0.3) is 23.1 Å². The molecule has 0 fully saturated rings. The lowest BCUT2D eigenvalue weighted by molar-refractivity contribution is -0.385. The van der Waals surface area contributed by atoms with Gasteiger partial charge in [0.15, 0.2) is 16.3 Å². The van der Waals surface area contributed by atoms with Gasteiger partial charge in [-0.25, -0.2) is 9.79 Å². The molecule has 0 saturated heterocycles. The maximum Gasteiger partial charge on any atom is 0.338 e. The number of fused-ring (bicyclic) bond motifs is 2. The first-order valence-electron chi connectivity index (χ1n) is 14.4. The van der Waals surface area contributed by atoms with Crippen LogP contribution in [0, 0.1) is 17.0 Å². The van der Waals surface area contributed by atoms with E-state index in [1.54, 1.807) is 62.4 Å². The number of rotatable bonds is 7. The van der Waals surface area contributed by atoms with E-state index in [1.165, 1.54) is 10.6 Å². The normalized spacial score (nSPS) is 15.4. The van der Waals surface area contributed by atoms with Gasteiger partial charge in [0.2, 0.25) is 6.79 Å². The van der Waals surface area contributed by atoms with Crippen LogP contribution in [0.1, 0.15) is 35.4 Å². The Kier molecular flexibility index (Phi) is 7.33. The number of hydrogen-bond donors (Lipinski definition) is 0. The summed E-state index contributed by atoms with van der Waals surface area (Å²) in [4.78, 5) is 44.1. The molecule has 0 radical (unpaired) electrons. The first-order valence-corrected chi connectivity index (χ1v) is 15.2. The highest BCUT2D eigenvalue weighted by atomic mass is 32.1. The van der Waals surface area contributed by atoms with Gasteiger partial charge in [-0.05, 0) is 43.7 Å². The van der Waals surface area contributed by atoms with Crippen LogP contribution in [0.3, 0.4) is 0 Å². The van der Waals surface area contributed by atoms with Crippen molar-refractivity contribution < 1.29 is 28.3 Å². The van der Waals surface area contributed by atoms with Gasteiger partial charge in [-0.3, -0.25) is 19.5 Å². The fourth-order valence-electron chi connectivity index (χ4n) is 5.63. The summed E-state index contributed by atoms with van der Waals surface area (Å²) >= 11 is 1.16. The molecule has 11 nitrogen and oxygen atoms in total. The zero-order valence-electron chi connectivity index (χ0n) is 24.6. The molecule has 2 aromatic heterocycles. The Morgan fingerprint density at radius 1 is 1.09 bits per heavy atom. The van der Waals surface area contributed by atoms with Crippen LogP contribution < -0.4 is 24.4 Å². The van der Waals surface area contributed by atoms with Gasteiger partial charge in [-0.2, -0.15) is 0 Å². The van der Waals surface area contributed by atoms with Crippen LogP contribution in [-0.2, 0) is 9.53 Å². The lowest BCUT2D eigenvalue weighted by Crippen LogP contribution is -2.40. The summed E-state index contributed by atoms with van der Waals surface area (Å²) in [6.45, 7) is 3.58. The Balaban J connectivity index is 1.42. The summed E-state index contributed by atoms with van der Waals surface area (Å²) < 4.78 is 24.5. The molecule has 0 bridgehead atoms. The minimum atomic E-state index is -0.887. The fraction of sp³-hybridized carbons (Fsp3) is 0.147.